The molecule has 0 saturated carbocycles. The number of nitrogens with two attached hydrogens (primary N) is 1. The number of thiophene rings is 1. The van der Waals surface area contributed by atoms with Crippen molar-refractivity contribution in [3.63, 3.8) is 0 Å². The lowest BCUT2D eigenvalue weighted by atomic mass is 10.1. The molecule has 0 aliphatic heterocycles. The van der Waals surface area contributed by atoms with E-state index in [9.17, 15) is 0 Å². The summed E-state index contributed by atoms with van der Waals surface area (Å²) in [5.41, 5.74) is 6.99. The molecule has 0 aliphatic rings. The SMILES string of the molecule is COc1ccc(-c2ccc(C(C)N)s2)cc1OC. The average molecular weight is 263 g/mol. The first-order chi connectivity index (χ1) is 8.65. The summed E-state index contributed by atoms with van der Waals surface area (Å²) in [7, 11) is 3.28. The molecule has 2 aromatic rings. The van der Waals surface area contributed by atoms with Gasteiger partial charge in [-0.3, -0.25) is 0 Å². The van der Waals surface area contributed by atoms with Crippen LogP contribution in [-0.2, 0) is 0 Å². The van der Waals surface area contributed by atoms with E-state index in [1.54, 1.807) is 25.6 Å². The fourth-order valence-electron chi connectivity index (χ4n) is 1.74. The second kappa shape index (κ2) is 5.42. The Kier molecular flexibility index (Phi) is 3.89. The summed E-state index contributed by atoms with van der Waals surface area (Å²) in [6, 6.07) is 10.2. The monoisotopic (exact) mass is 263 g/mol. The fraction of sp³-hybridized carbons (Fsp3) is 0.286. The van der Waals surface area contributed by atoms with Crippen LogP contribution in [0.25, 0.3) is 10.4 Å². The third-order valence-electron chi connectivity index (χ3n) is 2.74. The maximum Gasteiger partial charge on any atom is 0.161 e. The van der Waals surface area contributed by atoms with Crippen LogP contribution in [0.2, 0.25) is 0 Å². The summed E-state index contributed by atoms with van der Waals surface area (Å²) in [5.74, 6) is 1.48. The minimum atomic E-state index is 0.0730. The van der Waals surface area contributed by atoms with Gasteiger partial charge in [0.2, 0.25) is 0 Å². The predicted molar refractivity (Wildman–Crippen MR) is 75.5 cm³/mol. The molecule has 2 N–H and O–H groups in total. The van der Waals surface area contributed by atoms with Crippen LogP contribution >= 0.6 is 11.3 Å². The molecule has 0 spiro atoms. The summed E-state index contributed by atoms with van der Waals surface area (Å²) in [4.78, 5) is 2.36. The first-order valence-corrected chi connectivity index (χ1v) is 6.55. The van der Waals surface area contributed by atoms with E-state index in [-0.39, 0.29) is 6.04 Å². The molecule has 0 bridgehead atoms. The molecule has 1 heterocycles. The van der Waals surface area contributed by atoms with Crippen LogP contribution < -0.4 is 15.2 Å². The molecule has 0 amide bonds. The highest BCUT2D eigenvalue weighted by atomic mass is 32.1. The van der Waals surface area contributed by atoms with E-state index in [0.717, 1.165) is 17.1 Å². The van der Waals surface area contributed by atoms with Gasteiger partial charge in [-0.25, -0.2) is 0 Å². The smallest absolute Gasteiger partial charge is 0.161 e. The van der Waals surface area contributed by atoms with Crippen molar-refractivity contribution in [3.8, 4) is 21.9 Å². The van der Waals surface area contributed by atoms with E-state index in [4.69, 9.17) is 15.2 Å². The van der Waals surface area contributed by atoms with Crippen molar-refractivity contribution in [3.05, 3.63) is 35.2 Å². The van der Waals surface area contributed by atoms with E-state index in [2.05, 4.69) is 12.1 Å². The molecule has 1 aromatic carbocycles. The summed E-state index contributed by atoms with van der Waals surface area (Å²) in [5, 5.41) is 0. The highest BCUT2D eigenvalue weighted by molar-refractivity contribution is 7.15. The molecule has 1 unspecified atom stereocenters. The summed E-state index contributed by atoms with van der Waals surface area (Å²) in [6.45, 7) is 1.99. The molecular weight excluding hydrogens is 246 g/mol. The minimum Gasteiger partial charge on any atom is -0.493 e. The molecule has 0 aliphatic carbocycles. The lowest BCUT2D eigenvalue weighted by Gasteiger charge is -2.08. The Morgan fingerprint density at radius 3 is 2.33 bits per heavy atom. The molecule has 3 nitrogen and oxygen atoms in total. The third kappa shape index (κ3) is 2.49. The zero-order valence-electron chi connectivity index (χ0n) is 10.8. The molecule has 0 radical (unpaired) electrons. The zero-order chi connectivity index (χ0) is 13.1. The van der Waals surface area contributed by atoms with Crippen LogP contribution in [-0.4, -0.2) is 14.2 Å². The van der Waals surface area contributed by atoms with Crippen molar-refractivity contribution in [1.82, 2.24) is 0 Å². The van der Waals surface area contributed by atoms with Crippen LogP contribution in [0.3, 0.4) is 0 Å². The summed E-state index contributed by atoms with van der Waals surface area (Å²) in [6.07, 6.45) is 0. The Morgan fingerprint density at radius 2 is 1.78 bits per heavy atom. The van der Waals surface area contributed by atoms with Crippen LogP contribution in [0.5, 0.6) is 11.5 Å². The van der Waals surface area contributed by atoms with Crippen LogP contribution in [0.1, 0.15) is 17.8 Å². The van der Waals surface area contributed by atoms with Crippen molar-refractivity contribution < 1.29 is 9.47 Å². The number of ether oxygens (including phenoxy) is 2. The van der Waals surface area contributed by atoms with E-state index >= 15 is 0 Å². The zero-order valence-corrected chi connectivity index (χ0v) is 11.6. The van der Waals surface area contributed by atoms with E-state index < -0.39 is 0 Å². The van der Waals surface area contributed by atoms with Gasteiger partial charge >= 0.3 is 0 Å². The number of methoxy groups -OCH3 is 2. The average Bonchev–Trinajstić information content (AvgIpc) is 2.87. The van der Waals surface area contributed by atoms with Gasteiger partial charge in [0, 0.05) is 15.8 Å². The Morgan fingerprint density at radius 1 is 1.06 bits per heavy atom. The molecule has 96 valence electrons. The molecule has 18 heavy (non-hydrogen) atoms. The van der Waals surface area contributed by atoms with Crippen molar-refractivity contribution in [2.24, 2.45) is 5.73 Å². The maximum atomic E-state index is 5.87. The summed E-state index contributed by atoms with van der Waals surface area (Å²) < 4.78 is 10.5. The Labute approximate surface area is 111 Å². The lowest BCUT2D eigenvalue weighted by Crippen LogP contribution is -2.01. The van der Waals surface area contributed by atoms with Gasteiger partial charge < -0.3 is 15.2 Å². The van der Waals surface area contributed by atoms with Gasteiger partial charge in [0.15, 0.2) is 11.5 Å². The van der Waals surface area contributed by atoms with Crippen LogP contribution in [0.4, 0.5) is 0 Å². The van der Waals surface area contributed by atoms with Crippen molar-refractivity contribution in [1.29, 1.82) is 0 Å². The molecule has 1 aromatic heterocycles. The normalized spacial score (nSPS) is 12.2. The molecule has 1 atom stereocenters. The Balaban J connectivity index is 2.38. The van der Waals surface area contributed by atoms with E-state index in [1.165, 1.54) is 9.75 Å². The third-order valence-corrected chi connectivity index (χ3v) is 4.08. The molecule has 0 fully saturated rings. The lowest BCUT2D eigenvalue weighted by molar-refractivity contribution is 0.355. The second-order valence-corrected chi connectivity index (χ2v) is 5.18. The van der Waals surface area contributed by atoms with Gasteiger partial charge in [0.05, 0.1) is 14.2 Å². The first kappa shape index (κ1) is 12.9. The predicted octanol–water partition coefficient (Wildman–Crippen LogP) is 3.45. The Hall–Kier alpha value is -1.52. The maximum absolute atomic E-state index is 5.87. The van der Waals surface area contributed by atoms with E-state index in [0.29, 0.717) is 0 Å². The van der Waals surface area contributed by atoms with Gasteiger partial charge in [-0.05, 0) is 42.8 Å². The number of hydrogen-bond donors (Lipinski definition) is 1. The number of rotatable bonds is 4. The van der Waals surface area contributed by atoms with Gasteiger partial charge in [0.25, 0.3) is 0 Å². The minimum absolute atomic E-state index is 0.0730. The van der Waals surface area contributed by atoms with Crippen LogP contribution in [0, 0.1) is 0 Å². The largest absolute Gasteiger partial charge is 0.493 e. The van der Waals surface area contributed by atoms with Gasteiger partial charge in [-0.1, -0.05) is 0 Å². The fourth-order valence-corrected chi connectivity index (χ4v) is 2.70. The quantitative estimate of drug-likeness (QED) is 0.918. The highest BCUT2D eigenvalue weighted by Gasteiger charge is 2.09. The first-order valence-electron chi connectivity index (χ1n) is 5.73. The van der Waals surface area contributed by atoms with E-state index in [1.807, 2.05) is 25.1 Å². The summed E-state index contributed by atoms with van der Waals surface area (Å²) >= 11 is 1.71. The van der Waals surface area contributed by atoms with Gasteiger partial charge in [-0.15, -0.1) is 11.3 Å². The molecule has 4 heteroatoms. The van der Waals surface area contributed by atoms with Crippen molar-refractivity contribution in [2.75, 3.05) is 14.2 Å². The Bertz CT molecular complexity index is 534. The van der Waals surface area contributed by atoms with Crippen LogP contribution in [0.15, 0.2) is 30.3 Å². The number of hydrogen-bond acceptors (Lipinski definition) is 4. The molecular formula is C14H17NO2S. The van der Waals surface area contributed by atoms with Crippen molar-refractivity contribution in [2.45, 2.75) is 13.0 Å². The molecule has 2 rings (SSSR count). The van der Waals surface area contributed by atoms with Gasteiger partial charge in [0.1, 0.15) is 0 Å². The van der Waals surface area contributed by atoms with Gasteiger partial charge in [-0.2, -0.15) is 0 Å². The number of benzene rings is 1. The topological polar surface area (TPSA) is 44.5 Å². The molecule has 0 saturated heterocycles. The highest BCUT2D eigenvalue weighted by Crippen LogP contribution is 2.36. The standard InChI is InChI=1S/C14H17NO2S/c1-9(15)13-6-7-14(18-13)10-4-5-11(16-2)12(8-10)17-3/h4-9H,15H2,1-3H3. The second-order valence-electron chi connectivity index (χ2n) is 4.06. The van der Waals surface area contributed by atoms with Crippen molar-refractivity contribution >= 4 is 11.3 Å².